The normalized spacial score (nSPS) is 10.1. The van der Waals surface area contributed by atoms with E-state index in [-0.39, 0.29) is 5.91 Å². The summed E-state index contributed by atoms with van der Waals surface area (Å²) in [6.07, 6.45) is 0. The van der Waals surface area contributed by atoms with Crippen LogP contribution in [0, 0.1) is 11.3 Å². The fourth-order valence-corrected chi connectivity index (χ4v) is 3.68. The largest absolute Gasteiger partial charge is 0.497 e. The lowest BCUT2D eigenvalue weighted by atomic mass is 10.2. The minimum atomic E-state index is -0.106. The highest BCUT2D eigenvalue weighted by molar-refractivity contribution is 7.98. The van der Waals surface area contributed by atoms with Crippen LogP contribution in [0.2, 0.25) is 0 Å². The molecule has 0 saturated heterocycles. The van der Waals surface area contributed by atoms with Gasteiger partial charge in [-0.05, 0) is 47.5 Å². The first-order valence-corrected chi connectivity index (χ1v) is 9.80. The quantitative estimate of drug-likeness (QED) is 0.591. The highest BCUT2D eigenvalue weighted by atomic mass is 32.2. The van der Waals surface area contributed by atoms with Crippen molar-refractivity contribution < 1.29 is 9.53 Å². The van der Waals surface area contributed by atoms with Crippen LogP contribution < -0.4 is 10.1 Å². The Hall–Kier alpha value is -3.23. The molecule has 1 N–H and O–H groups in total. The molecule has 3 rings (SSSR count). The van der Waals surface area contributed by atoms with Crippen molar-refractivity contribution in [2.75, 3.05) is 7.11 Å². The number of carbonyl (C=O) groups is 1. The first-order valence-electron chi connectivity index (χ1n) is 8.81. The topological polar surface area (TPSA) is 62.1 Å². The van der Waals surface area contributed by atoms with E-state index < -0.39 is 0 Å². The molecule has 3 aromatic carbocycles. The summed E-state index contributed by atoms with van der Waals surface area (Å²) in [5.74, 6) is 1.39. The van der Waals surface area contributed by atoms with Crippen molar-refractivity contribution in [3.63, 3.8) is 0 Å². The van der Waals surface area contributed by atoms with Crippen LogP contribution in [0.4, 0.5) is 0 Å². The fraction of sp³-hybridized carbons (Fsp3) is 0.130. The van der Waals surface area contributed by atoms with Gasteiger partial charge in [0.15, 0.2) is 0 Å². The molecular weight excluding hydrogens is 368 g/mol. The number of thioether (sulfide) groups is 1. The Labute approximate surface area is 169 Å². The highest BCUT2D eigenvalue weighted by Gasteiger charge is 2.11. The van der Waals surface area contributed by atoms with Crippen LogP contribution >= 0.6 is 11.8 Å². The SMILES string of the molecule is COc1cccc(CNC(=O)c2ccccc2SCc2ccc(C#N)cc2)c1. The van der Waals surface area contributed by atoms with E-state index in [1.807, 2.05) is 72.8 Å². The summed E-state index contributed by atoms with van der Waals surface area (Å²) in [6, 6.07) is 24.8. The van der Waals surface area contributed by atoms with Crippen molar-refractivity contribution in [1.29, 1.82) is 5.26 Å². The van der Waals surface area contributed by atoms with E-state index in [9.17, 15) is 4.79 Å². The number of nitriles is 1. The van der Waals surface area contributed by atoms with Crippen molar-refractivity contribution in [2.45, 2.75) is 17.2 Å². The van der Waals surface area contributed by atoms with E-state index in [0.29, 0.717) is 17.7 Å². The Morgan fingerprint density at radius 1 is 1.04 bits per heavy atom. The zero-order valence-electron chi connectivity index (χ0n) is 15.5. The van der Waals surface area contributed by atoms with Gasteiger partial charge in [0.25, 0.3) is 5.91 Å². The maximum atomic E-state index is 12.7. The molecule has 0 bridgehead atoms. The van der Waals surface area contributed by atoms with Crippen LogP contribution in [-0.2, 0) is 12.3 Å². The van der Waals surface area contributed by atoms with Gasteiger partial charge in [-0.2, -0.15) is 5.26 Å². The third kappa shape index (κ3) is 5.15. The summed E-state index contributed by atoms with van der Waals surface area (Å²) in [7, 11) is 1.62. The lowest BCUT2D eigenvalue weighted by Gasteiger charge is -2.11. The molecule has 140 valence electrons. The molecule has 0 aliphatic rings. The summed E-state index contributed by atoms with van der Waals surface area (Å²) >= 11 is 1.61. The monoisotopic (exact) mass is 388 g/mol. The molecule has 5 heteroatoms. The van der Waals surface area contributed by atoms with Gasteiger partial charge in [-0.15, -0.1) is 11.8 Å². The third-order valence-corrected chi connectivity index (χ3v) is 5.34. The predicted octanol–water partition coefficient (Wildman–Crippen LogP) is 4.79. The Morgan fingerprint density at radius 3 is 2.57 bits per heavy atom. The molecular formula is C23H20N2O2S. The van der Waals surface area contributed by atoms with Crippen LogP contribution in [0.5, 0.6) is 5.75 Å². The van der Waals surface area contributed by atoms with Gasteiger partial charge < -0.3 is 10.1 Å². The third-order valence-electron chi connectivity index (χ3n) is 4.20. The second-order valence-electron chi connectivity index (χ2n) is 6.13. The molecule has 0 aliphatic carbocycles. The molecule has 0 aromatic heterocycles. The summed E-state index contributed by atoms with van der Waals surface area (Å²) in [5.41, 5.74) is 3.39. The summed E-state index contributed by atoms with van der Waals surface area (Å²) in [6.45, 7) is 0.435. The zero-order valence-corrected chi connectivity index (χ0v) is 16.3. The molecule has 0 spiro atoms. The molecule has 0 atom stereocenters. The second-order valence-corrected chi connectivity index (χ2v) is 7.14. The molecule has 0 radical (unpaired) electrons. The molecule has 0 unspecified atom stereocenters. The highest BCUT2D eigenvalue weighted by Crippen LogP contribution is 2.26. The Bertz CT molecular complexity index is 994. The number of nitrogens with zero attached hydrogens (tertiary/aromatic N) is 1. The van der Waals surface area contributed by atoms with Gasteiger partial charge >= 0.3 is 0 Å². The lowest BCUT2D eigenvalue weighted by molar-refractivity contribution is 0.0948. The summed E-state index contributed by atoms with van der Waals surface area (Å²) in [4.78, 5) is 13.6. The summed E-state index contributed by atoms with van der Waals surface area (Å²) in [5, 5.41) is 11.9. The lowest BCUT2D eigenvalue weighted by Crippen LogP contribution is -2.23. The standard InChI is InChI=1S/C23H20N2O2S/c1-27-20-6-4-5-19(13-20)15-25-23(26)21-7-2-3-8-22(21)28-16-18-11-9-17(14-24)10-12-18/h2-13H,15-16H2,1H3,(H,25,26). The second kappa shape index (κ2) is 9.63. The van der Waals surface area contributed by atoms with Gasteiger partial charge in [0.2, 0.25) is 0 Å². The van der Waals surface area contributed by atoms with Crippen molar-refractivity contribution >= 4 is 17.7 Å². The molecule has 28 heavy (non-hydrogen) atoms. The Morgan fingerprint density at radius 2 is 1.82 bits per heavy atom. The van der Waals surface area contributed by atoms with Crippen molar-refractivity contribution in [3.05, 3.63) is 95.1 Å². The number of ether oxygens (including phenoxy) is 1. The minimum Gasteiger partial charge on any atom is -0.497 e. The van der Waals surface area contributed by atoms with Crippen LogP contribution in [0.15, 0.2) is 77.7 Å². The number of benzene rings is 3. The van der Waals surface area contributed by atoms with E-state index in [0.717, 1.165) is 27.5 Å². The summed E-state index contributed by atoms with van der Waals surface area (Å²) < 4.78 is 5.22. The molecule has 1 amide bonds. The van der Waals surface area contributed by atoms with E-state index in [2.05, 4.69) is 11.4 Å². The van der Waals surface area contributed by atoms with Crippen LogP contribution in [0.25, 0.3) is 0 Å². The number of nitrogens with one attached hydrogen (secondary N) is 1. The first-order chi connectivity index (χ1) is 13.7. The van der Waals surface area contributed by atoms with E-state index >= 15 is 0 Å². The molecule has 0 heterocycles. The molecule has 0 fully saturated rings. The molecule has 4 nitrogen and oxygen atoms in total. The number of hydrogen-bond acceptors (Lipinski definition) is 4. The predicted molar refractivity (Wildman–Crippen MR) is 111 cm³/mol. The van der Waals surface area contributed by atoms with Gasteiger partial charge in [0.1, 0.15) is 5.75 Å². The van der Waals surface area contributed by atoms with Gasteiger partial charge in [0, 0.05) is 17.2 Å². The number of hydrogen-bond donors (Lipinski definition) is 1. The smallest absolute Gasteiger partial charge is 0.252 e. The first kappa shape index (κ1) is 19.5. The maximum absolute atomic E-state index is 12.7. The minimum absolute atomic E-state index is 0.106. The van der Waals surface area contributed by atoms with Crippen LogP contribution in [-0.4, -0.2) is 13.0 Å². The van der Waals surface area contributed by atoms with E-state index in [1.165, 1.54) is 0 Å². The van der Waals surface area contributed by atoms with Crippen molar-refractivity contribution in [2.24, 2.45) is 0 Å². The Balaban J connectivity index is 1.65. The van der Waals surface area contributed by atoms with Crippen LogP contribution in [0.3, 0.4) is 0 Å². The van der Waals surface area contributed by atoms with E-state index in [1.54, 1.807) is 18.9 Å². The van der Waals surface area contributed by atoms with Crippen LogP contribution in [0.1, 0.15) is 27.0 Å². The number of amides is 1. The van der Waals surface area contributed by atoms with Gasteiger partial charge in [0.05, 0.1) is 24.3 Å². The number of carbonyl (C=O) groups excluding carboxylic acids is 1. The average Bonchev–Trinajstić information content (AvgIpc) is 2.76. The number of rotatable bonds is 7. The van der Waals surface area contributed by atoms with Crippen molar-refractivity contribution in [1.82, 2.24) is 5.32 Å². The average molecular weight is 388 g/mol. The van der Waals surface area contributed by atoms with Gasteiger partial charge in [-0.3, -0.25) is 4.79 Å². The van der Waals surface area contributed by atoms with Gasteiger partial charge in [-0.25, -0.2) is 0 Å². The van der Waals surface area contributed by atoms with Gasteiger partial charge in [-0.1, -0.05) is 36.4 Å². The zero-order chi connectivity index (χ0) is 19.8. The van der Waals surface area contributed by atoms with E-state index in [4.69, 9.17) is 10.00 Å². The number of methoxy groups -OCH3 is 1. The molecule has 3 aromatic rings. The fourth-order valence-electron chi connectivity index (χ4n) is 2.68. The molecule has 0 saturated carbocycles. The van der Waals surface area contributed by atoms with Crippen molar-refractivity contribution in [3.8, 4) is 11.8 Å². The molecule has 0 aliphatic heterocycles. The Kier molecular flexibility index (Phi) is 6.72. The maximum Gasteiger partial charge on any atom is 0.252 e.